The summed E-state index contributed by atoms with van der Waals surface area (Å²) in [7, 11) is 9.53. The summed E-state index contributed by atoms with van der Waals surface area (Å²) in [6.07, 6.45) is 0. The zero-order valence-corrected chi connectivity index (χ0v) is 23.5. The van der Waals surface area contributed by atoms with Gasteiger partial charge in [-0.1, -0.05) is 70.2 Å². The number of hydrogen-bond donors (Lipinski definition) is 0. The first-order valence-corrected chi connectivity index (χ1v) is 14.3. The van der Waals surface area contributed by atoms with Gasteiger partial charge in [-0.15, -0.1) is 0 Å². The van der Waals surface area contributed by atoms with E-state index in [0.29, 0.717) is 11.8 Å². The van der Waals surface area contributed by atoms with Crippen LogP contribution in [0.4, 0.5) is 11.4 Å². The van der Waals surface area contributed by atoms with Gasteiger partial charge in [0.1, 0.15) is 0 Å². The van der Waals surface area contributed by atoms with E-state index in [1.54, 1.807) is 0 Å². The molecule has 0 radical (unpaired) electrons. The van der Waals surface area contributed by atoms with Crippen LogP contribution in [0.25, 0.3) is 0 Å². The number of para-hydroxylation sites is 2. The summed E-state index contributed by atoms with van der Waals surface area (Å²) in [6.45, 7) is 15.0. The van der Waals surface area contributed by atoms with Crippen molar-refractivity contribution in [3.63, 3.8) is 0 Å². The zero-order valence-electron chi connectivity index (χ0n) is 20.9. The molecule has 0 aliphatic rings. The van der Waals surface area contributed by atoms with Crippen molar-refractivity contribution < 1.29 is 13.1 Å². The van der Waals surface area contributed by atoms with Crippen molar-refractivity contribution in [1.82, 2.24) is 4.98 Å². The Kier molecular flexibility index (Phi) is 11.5. The minimum absolute atomic E-state index is 0.194. The van der Waals surface area contributed by atoms with E-state index in [2.05, 4.69) is 58.9 Å². The van der Waals surface area contributed by atoms with Gasteiger partial charge < -0.3 is 0 Å². The van der Waals surface area contributed by atoms with Crippen LogP contribution >= 0.6 is 20.2 Å². The first-order valence-electron chi connectivity index (χ1n) is 11.3. The molecular weight excluding hydrogens is 505 g/mol. The molecule has 1 heterocycles. The maximum atomic E-state index is 5.08. The van der Waals surface area contributed by atoms with E-state index in [9.17, 15) is 0 Å². The molecule has 3 aromatic rings. The average molecular weight is 538 g/mol. The van der Waals surface area contributed by atoms with Crippen molar-refractivity contribution in [3.8, 4) is 0 Å². The molecule has 34 heavy (non-hydrogen) atoms. The summed E-state index contributed by atoms with van der Waals surface area (Å²) in [4.78, 5) is 14.8. The van der Waals surface area contributed by atoms with Crippen molar-refractivity contribution in [2.75, 3.05) is 0 Å². The van der Waals surface area contributed by atoms with Gasteiger partial charge in [0, 0.05) is 0 Å². The molecule has 0 aliphatic heterocycles. The molecule has 0 unspecified atom stereocenters. The van der Waals surface area contributed by atoms with Gasteiger partial charge in [0.2, 0.25) is 0 Å². The number of rotatable bonds is 6. The third-order valence-electron chi connectivity index (χ3n) is 5.52. The van der Waals surface area contributed by atoms with Crippen LogP contribution in [0.15, 0.2) is 70.6 Å². The third-order valence-corrected chi connectivity index (χ3v) is 5.52. The second kappa shape index (κ2) is 13.8. The predicted molar refractivity (Wildman–Crippen MR) is 145 cm³/mol. The molecule has 0 fully saturated rings. The van der Waals surface area contributed by atoms with Crippen molar-refractivity contribution >= 4 is 43.0 Å². The van der Waals surface area contributed by atoms with Crippen LogP contribution in [-0.4, -0.2) is 16.4 Å². The number of hydrogen-bond acceptors (Lipinski definition) is 3. The molecule has 182 valence electrons. The van der Waals surface area contributed by atoms with E-state index in [1.807, 2.05) is 50.2 Å². The second-order valence-electron chi connectivity index (χ2n) is 8.73. The Morgan fingerprint density at radius 2 is 1.21 bits per heavy atom. The molecule has 0 bridgehead atoms. The average Bonchev–Trinajstić information content (AvgIpc) is 2.81. The Morgan fingerprint density at radius 1 is 0.735 bits per heavy atom. The molecule has 1 aromatic heterocycles. The van der Waals surface area contributed by atoms with Crippen LogP contribution in [0.2, 0.25) is 0 Å². The van der Waals surface area contributed by atoms with Crippen LogP contribution in [0.5, 0.6) is 0 Å². The molecule has 6 heteroatoms. The van der Waals surface area contributed by atoms with E-state index in [-0.39, 0.29) is 13.1 Å². The molecule has 2 aromatic carbocycles. The molecule has 0 spiro atoms. The van der Waals surface area contributed by atoms with Crippen LogP contribution in [0, 0.1) is 6.92 Å². The van der Waals surface area contributed by atoms with E-state index >= 15 is 0 Å². The fraction of sp³-hybridized carbons (Fsp3) is 0.321. The molecule has 0 amide bonds. The quantitative estimate of drug-likeness (QED) is 0.228. The van der Waals surface area contributed by atoms with E-state index in [4.69, 9.17) is 35.2 Å². The Bertz CT molecular complexity index is 1130. The molecular formula is C28H33Cl2FeN3. The molecule has 3 nitrogen and oxygen atoms in total. The van der Waals surface area contributed by atoms with Crippen molar-refractivity contribution in [2.45, 2.75) is 60.3 Å². The Morgan fingerprint density at radius 3 is 1.71 bits per heavy atom. The first kappa shape index (κ1) is 28.3. The summed E-state index contributed by atoms with van der Waals surface area (Å²) >= 11 is 0.194. The standard InChI is InChI=1S/C28H33N3.2ClH.Fe/c1-18(2)23-13-10-14-24(19(3)4)28(23)30-22(7)27-17-11-16-26(31-27)21(6)29-25-15-9-8-12-20(25)5;;;/h8-19H,1-7H3;2*1H;/q;;;+2/p-2. The van der Waals surface area contributed by atoms with Gasteiger partial charge in [-0.25, -0.2) is 4.98 Å². The number of aromatic nitrogens is 1. The van der Waals surface area contributed by atoms with E-state index in [1.165, 1.54) is 11.1 Å². The van der Waals surface area contributed by atoms with E-state index in [0.717, 1.165) is 39.7 Å². The number of benzene rings is 2. The normalized spacial score (nSPS) is 12.2. The summed E-state index contributed by atoms with van der Waals surface area (Å²) in [6, 6.07) is 20.7. The summed E-state index contributed by atoms with van der Waals surface area (Å²) in [5, 5.41) is 0. The molecule has 0 atom stereocenters. The maximum absolute atomic E-state index is 5.08. The molecule has 0 saturated heterocycles. The summed E-state index contributed by atoms with van der Waals surface area (Å²) in [5.74, 6) is 0.820. The van der Waals surface area contributed by atoms with E-state index < -0.39 is 0 Å². The number of nitrogens with zero attached hydrogens (tertiary/aromatic N) is 3. The fourth-order valence-corrected chi connectivity index (χ4v) is 3.63. The number of aryl methyl sites for hydroxylation is 1. The second-order valence-corrected chi connectivity index (χ2v) is 10.6. The van der Waals surface area contributed by atoms with Gasteiger partial charge in [0.05, 0.1) is 34.2 Å². The number of aliphatic imine (C=N–C) groups is 2. The third kappa shape index (κ3) is 7.78. The predicted octanol–water partition coefficient (Wildman–Crippen LogP) is 9.29. The van der Waals surface area contributed by atoms with Crippen LogP contribution in [0.3, 0.4) is 0 Å². The Labute approximate surface area is 219 Å². The fourth-order valence-electron chi connectivity index (χ4n) is 3.63. The Hall–Kier alpha value is -1.97. The number of halogens is 2. The molecule has 0 saturated carbocycles. The van der Waals surface area contributed by atoms with Gasteiger partial charge in [0.25, 0.3) is 0 Å². The SMILES string of the molecule is CC(=Nc1ccccc1C)c1cccc(C(C)=Nc2c(C(C)C)cccc2C(C)C)n1.[Cl][Fe][Cl]. The molecule has 0 aliphatic carbocycles. The zero-order chi connectivity index (χ0) is 25.3. The summed E-state index contributed by atoms with van der Waals surface area (Å²) in [5.41, 5.74) is 9.34. The topological polar surface area (TPSA) is 37.6 Å². The van der Waals surface area contributed by atoms with Gasteiger partial charge in [0.15, 0.2) is 0 Å². The molecule has 3 rings (SSSR count). The first-order chi connectivity index (χ1) is 16.2. The van der Waals surface area contributed by atoms with Crippen LogP contribution < -0.4 is 0 Å². The van der Waals surface area contributed by atoms with Gasteiger partial charge >= 0.3 is 33.3 Å². The number of pyridine rings is 1. The Balaban J connectivity index is 0.00000129. The monoisotopic (exact) mass is 537 g/mol. The van der Waals surface area contributed by atoms with Gasteiger partial charge in [-0.2, -0.15) is 0 Å². The van der Waals surface area contributed by atoms with Gasteiger partial charge in [-0.3, -0.25) is 9.98 Å². The summed E-state index contributed by atoms with van der Waals surface area (Å²) < 4.78 is 0. The minimum atomic E-state index is 0.194. The van der Waals surface area contributed by atoms with Crippen molar-refractivity contribution in [3.05, 3.63) is 88.7 Å². The van der Waals surface area contributed by atoms with Crippen molar-refractivity contribution in [1.29, 1.82) is 0 Å². The van der Waals surface area contributed by atoms with Crippen LogP contribution in [-0.2, 0) is 13.1 Å². The molecule has 0 N–H and O–H groups in total. The van der Waals surface area contributed by atoms with Gasteiger partial charge in [-0.05, 0) is 67.5 Å². The van der Waals surface area contributed by atoms with Crippen LogP contribution in [0.1, 0.15) is 81.5 Å². The van der Waals surface area contributed by atoms with Crippen molar-refractivity contribution in [2.24, 2.45) is 9.98 Å².